The number of nitrogens with two attached hydrogens (primary N) is 2. The number of amides is 2. The third kappa shape index (κ3) is 3.41. The first-order chi connectivity index (χ1) is 9.27. The molecule has 1 aromatic rings. The normalized spacial score (nSPS) is 12.1. The molecular formula is C12H16F2N4O2. The molecule has 6 nitrogen and oxygen atoms in total. The highest BCUT2D eigenvalue weighted by molar-refractivity contribution is 5.97. The number of benzene rings is 1. The van der Waals surface area contributed by atoms with Crippen LogP contribution in [-0.2, 0) is 4.79 Å². The highest BCUT2D eigenvalue weighted by Gasteiger charge is 2.23. The van der Waals surface area contributed by atoms with Crippen LogP contribution < -0.4 is 22.3 Å². The second-order valence-corrected chi connectivity index (χ2v) is 4.56. The number of carbonyl (C=O) groups is 2. The van der Waals surface area contributed by atoms with Crippen molar-refractivity contribution in [2.45, 2.75) is 19.9 Å². The standard InChI is InChI=1S/C12H16F2N4O2/c1-5(2)9(11(15)19)17-12(20)6-3-7(13)10(18-16)8(14)4-6/h3-5,9,18H,16H2,1-2H3,(H2,15,19)(H,17,20). The van der Waals surface area contributed by atoms with E-state index < -0.39 is 35.2 Å². The maximum absolute atomic E-state index is 13.5. The van der Waals surface area contributed by atoms with Crippen molar-refractivity contribution in [1.29, 1.82) is 0 Å². The summed E-state index contributed by atoms with van der Waals surface area (Å²) in [4.78, 5) is 23.0. The predicted octanol–water partition coefficient (Wildman–Crippen LogP) is 0.490. The van der Waals surface area contributed by atoms with E-state index >= 15 is 0 Å². The Bertz CT molecular complexity index is 511. The number of nitrogens with one attached hydrogen (secondary N) is 2. The number of nitrogen functional groups attached to an aromatic ring is 1. The number of hydrogen-bond acceptors (Lipinski definition) is 4. The van der Waals surface area contributed by atoms with Gasteiger partial charge in [0, 0.05) is 5.56 Å². The van der Waals surface area contributed by atoms with Gasteiger partial charge in [-0.1, -0.05) is 13.8 Å². The Morgan fingerprint density at radius 3 is 2.05 bits per heavy atom. The molecule has 0 saturated heterocycles. The monoisotopic (exact) mass is 286 g/mol. The molecule has 1 unspecified atom stereocenters. The fraction of sp³-hybridized carbons (Fsp3) is 0.333. The van der Waals surface area contributed by atoms with Crippen LogP contribution >= 0.6 is 0 Å². The molecule has 0 aliphatic rings. The third-order valence-corrected chi connectivity index (χ3v) is 2.71. The van der Waals surface area contributed by atoms with Gasteiger partial charge in [0.1, 0.15) is 11.7 Å². The molecule has 0 radical (unpaired) electrons. The van der Waals surface area contributed by atoms with Gasteiger partial charge in [-0.2, -0.15) is 0 Å². The molecule has 0 aromatic heterocycles. The smallest absolute Gasteiger partial charge is 0.252 e. The summed E-state index contributed by atoms with van der Waals surface area (Å²) in [5, 5.41) is 2.33. The molecule has 20 heavy (non-hydrogen) atoms. The number of carbonyl (C=O) groups excluding carboxylic acids is 2. The van der Waals surface area contributed by atoms with Gasteiger partial charge in [0.05, 0.1) is 0 Å². The molecule has 0 heterocycles. The molecule has 1 atom stereocenters. The lowest BCUT2D eigenvalue weighted by Crippen LogP contribution is -2.47. The summed E-state index contributed by atoms with van der Waals surface area (Å²) in [5.41, 5.74) is 6.18. The van der Waals surface area contributed by atoms with Gasteiger partial charge in [-0.05, 0) is 18.1 Å². The molecule has 0 bridgehead atoms. The second kappa shape index (κ2) is 6.29. The van der Waals surface area contributed by atoms with Gasteiger partial charge >= 0.3 is 0 Å². The van der Waals surface area contributed by atoms with E-state index in [-0.39, 0.29) is 11.5 Å². The Labute approximate surface area is 114 Å². The molecular weight excluding hydrogens is 270 g/mol. The number of rotatable bonds is 5. The highest BCUT2D eigenvalue weighted by Crippen LogP contribution is 2.19. The van der Waals surface area contributed by atoms with Crippen molar-refractivity contribution in [2.75, 3.05) is 5.43 Å². The van der Waals surface area contributed by atoms with Gasteiger partial charge in [-0.25, -0.2) is 8.78 Å². The van der Waals surface area contributed by atoms with Crippen LogP contribution in [0.2, 0.25) is 0 Å². The minimum absolute atomic E-state index is 0.254. The van der Waals surface area contributed by atoms with Crippen LogP contribution in [0.3, 0.4) is 0 Å². The van der Waals surface area contributed by atoms with Gasteiger partial charge in [-0.15, -0.1) is 0 Å². The average Bonchev–Trinajstić information content (AvgIpc) is 2.34. The maximum atomic E-state index is 13.5. The topological polar surface area (TPSA) is 110 Å². The average molecular weight is 286 g/mol. The third-order valence-electron chi connectivity index (χ3n) is 2.71. The van der Waals surface area contributed by atoms with E-state index in [2.05, 4.69) is 5.32 Å². The molecule has 0 aliphatic carbocycles. The van der Waals surface area contributed by atoms with Crippen LogP contribution in [0.25, 0.3) is 0 Å². The van der Waals surface area contributed by atoms with Crippen molar-refractivity contribution >= 4 is 17.5 Å². The van der Waals surface area contributed by atoms with E-state index in [1.807, 2.05) is 5.43 Å². The Morgan fingerprint density at radius 1 is 1.20 bits per heavy atom. The van der Waals surface area contributed by atoms with Crippen LogP contribution in [0.15, 0.2) is 12.1 Å². The maximum Gasteiger partial charge on any atom is 0.252 e. The minimum Gasteiger partial charge on any atom is -0.368 e. The molecule has 1 rings (SSSR count). The lowest BCUT2D eigenvalue weighted by Gasteiger charge is -2.19. The van der Waals surface area contributed by atoms with Gasteiger partial charge < -0.3 is 16.5 Å². The molecule has 8 heteroatoms. The van der Waals surface area contributed by atoms with Gasteiger partial charge in [0.15, 0.2) is 11.6 Å². The predicted molar refractivity (Wildman–Crippen MR) is 69.5 cm³/mol. The van der Waals surface area contributed by atoms with Crippen LogP contribution in [0, 0.1) is 17.6 Å². The molecule has 1 aromatic carbocycles. The summed E-state index contributed by atoms with van der Waals surface area (Å²) in [6, 6.07) is 0.693. The lowest BCUT2D eigenvalue weighted by atomic mass is 10.0. The summed E-state index contributed by atoms with van der Waals surface area (Å²) in [6.07, 6.45) is 0. The number of hydrazine groups is 1. The fourth-order valence-electron chi connectivity index (χ4n) is 1.63. The first-order valence-electron chi connectivity index (χ1n) is 5.83. The first kappa shape index (κ1) is 15.8. The summed E-state index contributed by atoms with van der Waals surface area (Å²) in [6.45, 7) is 3.36. The van der Waals surface area contributed by atoms with Crippen LogP contribution in [0.4, 0.5) is 14.5 Å². The summed E-state index contributed by atoms with van der Waals surface area (Å²) in [5.74, 6) is 1.13. The lowest BCUT2D eigenvalue weighted by molar-refractivity contribution is -0.120. The number of hydrogen-bond donors (Lipinski definition) is 4. The van der Waals surface area contributed by atoms with E-state index in [0.29, 0.717) is 0 Å². The zero-order valence-electron chi connectivity index (χ0n) is 11.0. The number of primary amides is 1. The van der Waals surface area contributed by atoms with E-state index in [1.54, 1.807) is 13.8 Å². The van der Waals surface area contributed by atoms with E-state index in [1.165, 1.54) is 0 Å². The molecule has 110 valence electrons. The summed E-state index contributed by atoms with van der Waals surface area (Å²) in [7, 11) is 0. The van der Waals surface area contributed by atoms with E-state index in [9.17, 15) is 18.4 Å². The van der Waals surface area contributed by atoms with Crippen LogP contribution in [0.5, 0.6) is 0 Å². The molecule has 0 saturated carbocycles. The quantitative estimate of drug-likeness (QED) is 0.466. The van der Waals surface area contributed by atoms with Crippen molar-refractivity contribution in [1.82, 2.24) is 5.32 Å². The van der Waals surface area contributed by atoms with Crippen molar-refractivity contribution in [3.05, 3.63) is 29.3 Å². The van der Waals surface area contributed by atoms with Crippen molar-refractivity contribution < 1.29 is 18.4 Å². The molecule has 0 spiro atoms. The van der Waals surface area contributed by atoms with Gasteiger partial charge in [-0.3, -0.25) is 15.4 Å². The Hall–Kier alpha value is -2.22. The Kier molecular flexibility index (Phi) is 4.98. The zero-order chi connectivity index (χ0) is 15.4. The molecule has 0 aliphatic heterocycles. The molecule has 0 fully saturated rings. The van der Waals surface area contributed by atoms with Crippen molar-refractivity contribution in [3.63, 3.8) is 0 Å². The van der Waals surface area contributed by atoms with Crippen molar-refractivity contribution in [2.24, 2.45) is 17.5 Å². The largest absolute Gasteiger partial charge is 0.368 e. The summed E-state index contributed by atoms with van der Waals surface area (Å²) < 4.78 is 26.9. The number of halogens is 2. The Balaban J connectivity index is 3.01. The van der Waals surface area contributed by atoms with E-state index in [0.717, 1.165) is 12.1 Å². The van der Waals surface area contributed by atoms with Gasteiger partial charge in [0.25, 0.3) is 5.91 Å². The van der Waals surface area contributed by atoms with Crippen molar-refractivity contribution in [3.8, 4) is 0 Å². The molecule has 6 N–H and O–H groups in total. The second-order valence-electron chi connectivity index (χ2n) is 4.56. The van der Waals surface area contributed by atoms with Gasteiger partial charge in [0.2, 0.25) is 5.91 Å². The first-order valence-corrected chi connectivity index (χ1v) is 5.83. The van der Waals surface area contributed by atoms with E-state index in [4.69, 9.17) is 11.6 Å². The number of anilines is 1. The van der Waals surface area contributed by atoms with Crippen LogP contribution in [-0.4, -0.2) is 17.9 Å². The van der Waals surface area contributed by atoms with Crippen LogP contribution in [0.1, 0.15) is 24.2 Å². The zero-order valence-corrected chi connectivity index (χ0v) is 11.0. The SMILES string of the molecule is CC(C)C(NC(=O)c1cc(F)c(NN)c(F)c1)C(N)=O. The highest BCUT2D eigenvalue weighted by atomic mass is 19.1. The summed E-state index contributed by atoms with van der Waals surface area (Å²) >= 11 is 0. The Morgan fingerprint density at radius 2 is 1.70 bits per heavy atom. The fourth-order valence-corrected chi connectivity index (χ4v) is 1.63. The molecule has 2 amide bonds. The minimum atomic E-state index is -1.02.